The third-order valence-electron chi connectivity index (χ3n) is 2.33. The van der Waals surface area contributed by atoms with Crippen molar-refractivity contribution in [1.29, 1.82) is 5.26 Å². The van der Waals surface area contributed by atoms with Crippen LogP contribution in [0.1, 0.15) is 10.4 Å². The number of nitrogens with one attached hydrogen (secondary N) is 1. The van der Waals surface area contributed by atoms with Crippen molar-refractivity contribution in [3.63, 3.8) is 0 Å². The number of nitrogens with zero attached hydrogens (tertiary/aromatic N) is 1. The van der Waals surface area contributed by atoms with Crippen LogP contribution in [0.5, 0.6) is 0 Å². The van der Waals surface area contributed by atoms with Gasteiger partial charge in [0.15, 0.2) is 0 Å². The van der Waals surface area contributed by atoms with Crippen molar-refractivity contribution in [1.82, 2.24) is 0 Å². The number of para-hydroxylation sites is 1. The van der Waals surface area contributed by atoms with E-state index in [0.717, 1.165) is 16.7 Å². The summed E-state index contributed by atoms with van der Waals surface area (Å²) < 4.78 is 0. The minimum Gasteiger partial charge on any atom is -0.321 e. The molecule has 0 aliphatic rings. The maximum Gasteiger partial charge on any atom is 0.255 e. The average molecular weight is 254 g/mol. The fraction of sp³-hybridized carbons (Fsp3) is 0. The molecule has 0 unspecified atom stereocenters. The van der Waals surface area contributed by atoms with E-state index in [-0.39, 0.29) is 5.91 Å². The van der Waals surface area contributed by atoms with Crippen molar-refractivity contribution in [2.75, 3.05) is 5.32 Å². The molecule has 1 amide bonds. The molecule has 3 nitrogen and oxygen atoms in total. The van der Waals surface area contributed by atoms with E-state index >= 15 is 0 Å². The van der Waals surface area contributed by atoms with Crippen molar-refractivity contribution < 1.29 is 4.79 Å². The Morgan fingerprint density at radius 1 is 1.06 bits per heavy atom. The quantitative estimate of drug-likeness (QED) is 0.673. The molecular formula is C14H10N2OS. The van der Waals surface area contributed by atoms with Gasteiger partial charge in [-0.05, 0) is 36.0 Å². The molecule has 0 fully saturated rings. The Hall–Kier alpha value is -2.25. The van der Waals surface area contributed by atoms with E-state index < -0.39 is 0 Å². The molecule has 18 heavy (non-hydrogen) atoms. The average Bonchev–Trinajstić information content (AvgIpc) is 2.42. The molecule has 0 spiro atoms. The Kier molecular flexibility index (Phi) is 4.00. The summed E-state index contributed by atoms with van der Waals surface area (Å²) in [5.74, 6) is -0.179. The number of hydrogen-bond acceptors (Lipinski definition) is 3. The number of thioether (sulfide) groups is 1. The third kappa shape index (κ3) is 2.90. The highest BCUT2D eigenvalue weighted by Crippen LogP contribution is 2.26. The van der Waals surface area contributed by atoms with E-state index in [1.54, 1.807) is 24.3 Å². The van der Waals surface area contributed by atoms with Crippen LogP contribution in [0.15, 0.2) is 59.5 Å². The zero-order valence-corrected chi connectivity index (χ0v) is 10.3. The molecule has 2 aromatic carbocycles. The van der Waals surface area contributed by atoms with E-state index in [1.807, 2.05) is 35.7 Å². The molecule has 0 aliphatic heterocycles. The maximum absolute atomic E-state index is 12.0. The lowest BCUT2D eigenvalue weighted by atomic mass is 10.2. The van der Waals surface area contributed by atoms with Gasteiger partial charge in [-0.25, -0.2) is 0 Å². The number of benzene rings is 2. The Labute approximate surface area is 109 Å². The predicted molar refractivity (Wildman–Crippen MR) is 72.3 cm³/mol. The van der Waals surface area contributed by atoms with Gasteiger partial charge in [-0.15, -0.1) is 0 Å². The smallest absolute Gasteiger partial charge is 0.255 e. The monoisotopic (exact) mass is 254 g/mol. The Morgan fingerprint density at radius 3 is 2.44 bits per heavy atom. The highest BCUT2D eigenvalue weighted by atomic mass is 32.2. The molecule has 0 bridgehead atoms. The second-order valence-corrected chi connectivity index (χ2v) is 4.34. The van der Waals surface area contributed by atoms with Crippen LogP contribution in [0, 0.1) is 10.7 Å². The van der Waals surface area contributed by atoms with Crippen LogP contribution in [0.4, 0.5) is 5.69 Å². The van der Waals surface area contributed by atoms with Gasteiger partial charge in [0.2, 0.25) is 0 Å². The Bertz CT molecular complexity index is 590. The van der Waals surface area contributed by atoms with E-state index in [0.29, 0.717) is 11.3 Å². The van der Waals surface area contributed by atoms with Crippen molar-refractivity contribution in [2.24, 2.45) is 0 Å². The number of nitriles is 1. The Morgan fingerprint density at radius 2 is 1.72 bits per heavy atom. The molecule has 0 atom stereocenters. The number of hydrogen-bond donors (Lipinski definition) is 1. The predicted octanol–water partition coefficient (Wildman–Crippen LogP) is 3.51. The standard InChI is InChI=1S/C14H10N2OS/c15-10-18-13-9-5-4-8-12(13)16-14(17)11-6-2-1-3-7-11/h1-9H,(H,16,17). The van der Waals surface area contributed by atoms with Crippen molar-refractivity contribution in [3.8, 4) is 5.40 Å². The van der Waals surface area contributed by atoms with Gasteiger partial charge in [-0.2, -0.15) is 5.26 Å². The van der Waals surface area contributed by atoms with E-state index in [1.165, 1.54) is 0 Å². The summed E-state index contributed by atoms with van der Waals surface area (Å²) in [7, 11) is 0. The first-order valence-corrected chi connectivity index (χ1v) is 6.14. The molecule has 2 rings (SSSR count). The molecule has 0 saturated carbocycles. The summed E-state index contributed by atoms with van der Waals surface area (Å²) in [5.41, 5.74) is 1.24. The summed E-state index contributed by atoms with van der Waals surface area (Å²) >= 11 is 1.03. The molecule has 0 aliphatic carbocycles. The number of amides is 1. The molecule has 1 N–H and O–H groups in total. The second kappa shape index (κ2) is 5.89. The zero-order chi connectivity index (χ0) is 12.8. The SMILES string of the molecule is N#CSc1ccccc1NC(=O)c1ccccc1. The van der Waals surface area contributed by atoms with E-state index in [9.17, 15) is 4.79 Å². The van der Waals surface area contributed by atoms with Crippen molar-refractivity contribution in [3.05, 3.63) is 60.2 Å². The first kappa shape index (κ1) is 12.2. The van der Waals surface area contributed by atoms with E-state index in [4.69, 9.17) is 5.26 Å². The fourth-order valence-corrected chi connectivity index (χ4v) is 1.97. The minimum absolute atomic E-state index is 0.179. The molecule has 88 valence electrons. The van der Waals surface area contributed by atoms with Gasteiger partial charge >= 0.3 is 0 Å². The molecule has 0 saturated heterocycles. The van der Waals surface area contributed by atoms with Crippen LogP contribution in [0.3, 0.4) is 0 Å². The van der Waals surface area contributed by atoms with Crippen LogP contribution in [-0.4, -0.2) is 5.91 Å². The van der Waals surface area contributed by atoms with Crippen molar-refractivity contribution >= 4 is 23.4 Å². The number of rotatable bonds is 3. The van der Waals surface area contributed by atoms with Gasteiger partial charge in [-0.3, -0.25) is 4.79 Å². The van der Waals surface area contributed by atoms with Crippen LogP contribution in [0.2, 0.25) is 0 Å². The zero-order valence-electron chi connectivity index (χ0n) is 9.46. The van der Waals surface area contributed by atoms with Gasteiger partial charge in [0.05, 0.1) is 5.69 Å². The summed E-state index contributed by atoms with van der Waals surface area (Å²) in [6.07, 6.45) is 0. The molecule has 4 heteroatoms. The fourth-order valence-electron chi connectivity index (χ4n) is 1.49. The molecule has 0 aromatic heterocycles. The van der Waals surface area contributed by atoms with E-state index in [2.05, 4.69) is 5.32 Å². The topological polar surface area (TPSA) is 52.9 Å². The van der Waals surface area contributed by atoms with Gasteiger partial charge in [0, 0.05) is 10.5 Å². The van der Waals surface area contributed by atoms with Crippen LogP contribution in [-0.2, 0) is 0 Å². The lowest BCUT2D eigenvalue weighted by molar-refractivity contribution is 0.102. The summed E-state index contributed by atoms with van der Waals surface area (Å²) in [6.45, 7) is 0. The largest absolute Gasteiger partial charge is 0.321 e. The molecular weight excluding hydrogens is 244 g/mol. The molecule has 0 radical (unpaired) electrons. The Balaban J connectivity index is 2.20. The van der Waals surface area contributed by atoms with Crippen LogP contribution < -0.4 is 5.32 Å². The second-order valence-electron chi connectivity index (χ2n) is 3.51. The van der Waals surface area contributed by atoms with Gasteiger partial charge < -0.3 is 5.32 Å². The number of carbonyl (C=O) groups excluding carboxylic acids is 1. The van der Waals surface area contributed by atoms with Crippen LogP contribution in [0.25, 0.3) is 0 Å². The normalized spacial score (nSPS) is 9.50. The number of anilines is 1. The van der Waals surface area contributed by atoms with Gasteiger partial charge in [-0.1, -0.05) is 30.3 Å². The lowest BCUT2D eigenvalue weighted by Crippen LogP contribution is -2.12. The van der Waals surface area contributed by atoms with Gasteiger partial charge in [0.25, 0.3) is 5.91 Å². The summed E-state index contributed by atoms with van der Waals surface area (Å²) in [5, 5.41) is 13.5. The first-order chi connectivity index (χ1) is 8.81. The molecule has 2 aromatic rings. The first-order valence-electron chi connectivity index (χ1n) is 5.32. The third-order valence-corrected chi connectivity index (χ3v) is 2.99. The molecule has 0 heterocycles. The number of carbonyl (C=O) groups is 1. The maximum atomic E-state index is 12.0. The summed E-state index contributed by atoms with van der Waals surface area (Å²) in [4.78, 5) is 12.7. The minimum atomic E-state index is -0.179. The number of thiocyanates is 1. The van der Waals surface area contributed by atoms with Crippen LogP contribution >= 0.6 is 11.8 Å². The van der Waals surface area contributed by atoms with Gasteiger partial charge in [0.1, 0.15) is 5.40 Å². The lowest BCUT2D eigenvalue weighted by Gasteiger charge is -2.08. The highest BCUT2D eigenvalue weighted by Gasteiger charge is 2.08. The summed E-state index contributed by atoms with van der Waals surface area (Å²) in [6, 6.07) is 16.2. The highest BCUT2D eigenvalue weighted by molar-refractivity contribution is 8.03. The van der Waals surface area contributed by atoms with Crippen molar-refractivity contribution in [2.45, 2.75) is 4.90 Å².